The van der Waals surface area contributed by atoms with Crippen molar-refractivity contribution in [2.75, 3.05) is 7.05 Å². The lowest BCUT2D eigenvalue weighted by molar-refractivity contribution is 0.604. The van der Waals surface area contributed by atoms with Gasteiger partial charge in [0, 0.05) is 15.8 Å². The van der Waals surface area contributed by atoms with Crippen molar-refractivity contribution < 1.29 is 0 Å². The van der Waals surface area contributed by atoms with E-state index in [2.05, 4.69) is 52.1 Å². The molecular weight excluding hydrogens is 272 g/mol. The van der Waals surface area contributed by atoms with Gasteiger partial charge < -0.3 is 5.32 Å². The first kappa shape index (κ1) is 14.7. The molecule has 1 N–H and O–H groups in total. The van der Waals surface area contributed by atoms with Gasteiger partial charge >= 0.3 is 0 Å². The molecule has 2 heterocycles. The van der Waals surface area contributed by atoms with E-state index in [-0.39, 0.29) is 5.41 Å². The van der Waals surface area contributed by atoms with Crippen molar-refractivity contribution in [3.05, 3.63) is 27.6 Å². The van der Waals surface area contributed by atoms with E-state index in [0.717, 1.165) is 10.7 Å². The molecule has 0 fully saturated rings. The second-order valence-corrected chi connectivity index (χ2v) is 8.01. The number of thiophene rings is 1. The maximum absolute atomic E-state index is 4.73. The van der Waals surface area contributed by atoms with Crippen LogP contribution in [0.15, 0.2) is 12.1 Å². The van der Waals surface area contributed by atoms with Gasteiger partial charge in [0.25, 0.3) is 0 Å². The van der Waals surface area contributed by atoms with Crippen LogP contribution in [0.25, 0.3) is 9.88 Å². The Hall–Kier alpha value is -0.710. The Morgan fingerprint density at radius 3 is 2.42 bits per heavy atom. The molecule has 0 aliphatic heterocycles. The van der Waals surface area contributed by atoms with E-state index in [0.29, 0.717) is 6.04 Å². The van der Waals surface area contributed by atoms with Crippen molar-refractivity contribution in [2.24, 2.45) is 0 Å². The van der Waals surface area contributed by atoms with Crippen LogP contribution in [0, 0.1) is 6.92 Å². The number of hydrogen-bond acceptors (Lipinski definition) is 4. The molecule has 4 heteroatoms. The summed E-state index contributed by atoms with van der Waals surface area (Å²) >= 11 is 3.67. The minimum absolute atomic E-state index is 0.219. The molecule has 0 spiro atoms. The number of nitrogens with zero attached hydrogens (tertiary/aromatic N) is 1. The van der Waals surface area contributed by atoms with Crippen molar-refractivity contribution >= 4 is 22.7 Å². The quantitative estimate of drug-likeness (QED) is 0.883. The van der Waals surface area contributed by atoms with Gasteiger partial charge in [0.15, 0.2) is 0 Å². The molecule has 2 nitrogen and oxygen atoms in total. The van der Waals surface area contributed by atoms with Crippen LogP contribution < -0.4 is 5.32 Å². The van der Waals surface area contributed by atoms with Crippen molar-refractivity contribution in [1.29, 1.82) is 0 Å². The highest BCUT2D eigenvalue weighted by molar-refractivity contribution is 7.22. The standard InChI is InChI=1S/C15H22N2S2/c1-9(16-6)13-10(2)17-14(19-13)11-7-8-12(18-11)15(3,4)5/h7-9,16H,1-6H3. The Balaban J connectivity index is 2.35. The van der Waals surface area contributed by atoms with Crippen LogP contribution >= 0.6 is 22.7 Å². The second-order valence-electron chi connectivity index (χ2n) is 5.89. The lowest BCUT2D eigenvalue weighted by Gasteiger charge is -2.15. The summed E-state index contributed by atoms with van der Waals surface area (Å²) in [4.78, 5) is 8.77. The van der Waals surface area contributed by atoms with E-state index in [1.807, 2.05) is 18.4 Å². The van der Waals surface area contributed by atoms with E-state index >= 15 is 0 Å². The van der Waals surface area contributed by atoms with Crippen LogP contribution in [0.2, 0.25) is 0 Å². The number of hydrogen-bond donors (Lipinski definition) is 1. The Morgan fingerprint density at radius 1 is 1.21 bits per heavy atom. The Morgan fingerprint density at radius 2 is 1.89 bits per heavy atom. The molecular formula is C15H22N2S2. The minimum atomic E-state index is 0.219. The molecule has 19 heavy (non-hydrogen) atoms. The van der Waals surface area contributed by atoms with Gasteiger partial charge in [0.1, 0.15) is 5.01 Å². The maximum Gasteiger partial charge on any atom is 0.133 e. The number of aromatic nitrogens is 1. The minimum Gasteiger partial charge on any atom is -0.312 e. The fourth-order valence-electron chi connectivity index (χ4n) is 1.90. The van der Waals surface area contributed by atoms with Crippen LogP contribution in [0.4, 0.5) is 0 Å². The molecule has 0 aliphatic rings. The Labute approximate surface area is 123 Å². The van der Waals surface area contributed by atoms with Crippen molar-refractivity contribution in [1.82, 2.24) is 10.3 Å². The molecule has 104 valence electrons. The summed E-state index contributed by atoms with van der Waals surface area (Å²) < 4.78 is 0. The topological polar surface area (TPSA) is 24.9 Å². The fraction of sp³-hybridized carbons (Fsp3) is 0.533. The largest absolute Gasteiger partial charge is 0.312 e. The van der Waals surface area contributed by atoms with Crippen LogP contribution in [0.1, 0.15) is 49.2 Å². The van der Waals surface area contributed by atoms with Gasteiger partial charge in [0.2, 0.25) is 0 Å². The molecule has 1 unspecified atom stereocenters. The lowest BCUT2D eigenvalue weighted by Crippen LogP contribution is -2.11. The van der Waals surface area contributed by atoms with E-state index in [1.54, 1.807) is 11.3 Å². The third-order valence-corrected chi connectivity index (χ3v) is 6.24. The number of nitrogens with one attached hydrogen (secondary N) is 1. The molecule has 0 radical (unpaired) electrons. The molecule has 1 atom stereocenters. The van der Waals surface area contributed by atoms with E-state index in [9.17, 15) is 0 Å². The predicted molar refractivity (Wildman–Crippen MR) is 86.3 cm³/mol. The van der Waals surface area contributed by atoms with E-state index < -0.39 is 0 Å². The zero-order chi connectivity index (χ0) is 14.2. The predicted octanol–water partition coefficient (Wildman–Crippen LogP) is 4.76. The average Bonchev–Trinajstić information content (AvgIpc) is 2.93. The number of aryl methyl sites for hydroxylation is 1. The summed E-state index contributed by atoms with van der Waals surface area (Å²) in [5, 5.41) is 4.44. The van der Waals surface area contributed by atoms with Crippen LogP contribution in [-0.2, 0) is 5.41 Å². The summed E-state index contributed by atoms with van der Waals surface area (Å²) in [7, 11) is 1.99. The van der Waals surface area contributed by atoms with Gasteiger partial charge in [-0.05, 0) is 38.4 Å². The second kappa shape index (κ2) is 5.35. The maximum atomic E-state index is 4.73. The lowest BCUT2D eigenvalue weighted by atomic mass is 9.95. The van der Waals surface area contributed by atoms with E-state index in [4.69, 9.17) is 4.98 Å². The Kier molecular flexibility index (Phi) is 4.14. The van der Waals surface area contributed by atoms with Crippen molar-refractivity contribution in [2.45, 2.75) is 46.1 Å². The number of thiazole rings is 1. The molecule has 0 saturated heterocycles. The smallest absolute Gasteiger partial charge is 0.133 e. The highest BCUT2D eigenvalue weighted by atomic mass is 32.1. The molecule has 0 saturated carbocycles. The molecule has 2 aromatic rings. The molecule has 2 aromatic heterocycles. The first-order valence-electron chi connectivity index (χ1n) is 6.58. The Bertz CT molecular complexity index is 561. The monoisotopic (exact) mass is 294 g/mol. The van der Waals surface area contributed by atoms with Gasteiger partial charge in [-0.3, -0.25) is 0 Å². The summed E-state index contributed by atoms with van der Waals surface area (Å²) in [5.74, 6) is 0. The molecule has 0 aromatic carbocycles. The zero-order valence-corrected chi connectivity index (χ0v) is 14.1. The van der Waals surface area contributed by atoms with E-state index in [1.165, 1.54) is 14.6 Å². The first-order valence-corrected chi connectivity index (χ1v) is 8.21. The van der Waals surface area contributed by atoms with Crippen molar-refractivity contribution in [3.63, 3.8) is 0 Å². The average molecular weight is 294 g/mol. The van der Waals surface area contributed by atoms with Crippen molar-refractivity contribution in [3.8, 4) is 9.88 Å². The van der Waals surface area contributed by atoms with Gasteiger partial charge in [-0.1, -0.05) is 20.8 Å². The van der Waals surface area contributed by atoms with Crippen LogP contribution in [0.3, 0.4) is 0 Å². The first-order chi connectivity index (χ1) is 8.82. The molecule has 2 rings (SSSR count). The summed E-state index contributed by atoms with van der Waals surface area (Å²) in [6.07, 6.45) is 0. The van der Waals surface area contributed by atoms with Crippen LogP contribution in [-0.4, -0.2) is 12.0 Å². The summed E-state index contributed by atoms with van der Waals surface area (Å²) in [6.45, 7) is 11.0. The highest BCUT2D eigenvalue weighted by Crippen LogP contribution is 2.38. The van der Waals surface area contributed by atoms with Gasteiger partial charge in [-0.2, -0.15) is 0 Å². The van der Waals surface area contributed by atoms with Gasteiger partial charge in [-0.25, -0.2) is 4.98 Å². The zero-order valence-electron chi connectivity index (χ0n) is 12.5. The summed E-state index contributed by atoms with van der Waals surface area (Å²) in [5.41, 5.74) is 1.36. The fourth-order valence-corrected chi connectivity index (χ4v) is 4.15. The highest BCUT2D eigenvalue weighted by Gasteiger charge is 2.19. The molecule has 0 amide bonds. The SMILES string of the molecule is CNC(C)c1sc(-c2ccc(C(C)(C)C)s2)nc1C. The van der Waals surface area contributed by atoms with Gasteiger partial charge in [-0.15, -0.1) is 22.7 Å². The van der Waals surface area contributed by atoms with Gasteiger partial charge in [0.05, 0.1) is 10.6 Å². The molecule has 0 bridgehead atoms. The summed E-state index contributed by atoms with van der Waals surface area (Å²) in [6, 6.07) is 4.81. The third-order valence-electron chi connectivity index (χ3n) is 3.21. The molecule has 0 aliphatic carbocycles. The number of rotatable bonds is 3. The third kappa shape index (κ3) is 3.07. The normalized spacial score (nSPS) is 13.8. The van der Waals surface area contributed by atoms with Crippen LogP contribution in [0.5, 0.6) is 0 Å².